The highest BCUT2D eigenvalue weighted by atomic mass is 14.7. The molecule has 6 aromatic rings. The van der Waals surface area contributed by atoms with Crippen molar-refractivity contribution in [2.75, 3.05) is 0 Å². The number of H-pyrrole nitrogens is 1. The van der Waals surface area contributed by atoms with Gasteiger partial charge in [0.05, 0.1) is 5.52 Å². The molecule has 1 aromatic heterocycles. The molecule has 7 rings (SSSR count). The lowest BCUT2D eigenvalue weighted by Gasteiger charge is -2.22. The summed E-state index contributed by atoms with van der Waals surface area (Å²) in [6.07, 6.45) is 0. The molecule has 1 heterocycles. The average Bonchev–Trinajstić information content (AvgIpc) is 3.36. The van der Waals surface area contributed by atoms with Gasteiger partial charge in [0.25, 0.3) is 0 Å². The number of nitrogens with one attached hydrogen (secondary N) is 1. The lowest BCUT2D eigenvalue weighted by atomic mass is 9.80. The summed E-state index contributed by atoms with van der Waals surface area (Å²) in [6.45, 7) is 4.74. The molecule has 0 amide bonds. The van der Waals surface area contributed by atoms with Crippen molar-refractivity contribution < 1.29 is 0 Å². The highest BCUT2D eigenvalue weighted by Crippen LogP contribution is 2.55. The Hall–Kier alpha value is -4.10. The van der Waals surface area contributed by atoms with E-state index in [1.807, 2.05) is 0 Å². The van der Waals surface area contributed by atoms with Gasteiger partial charge in [-0.05, 0) is 56.6 Å². The smallest absolute Gasteiger partial charge is 0.0513 e. The van der Waals surface area contributed by atoms with Crippen LogP contribution < -0.4 is 0 Å². The molecule has 34 heavy (non-hydrogen) atoms. The number of rotatable bonds is 2. The van der Waals surface area contributed by atoms with Crippen LogP contribution >= 0.6 is 0 Å². The maximum Gasteiger partial charge on any atom is 0.0513 e. The van der Waals surface area contributed by atoms with Crippen LogP contribution in [0.3, 0.4) is 0 Å². The molecule has 0 radical (unpaired) electrons. The van der Waals surface area contributed by atoms with Crippen molar-refractivity contribution in [2.45, 2.75) is 19.3 Å². The fourth-order valence-electron chi connectivity index (χ4n) is 5.98. The number of aromatic nitrogens is 1. The Morgan fingerprint density at radius 1 is 0.559 bits per heavy atom. The molecule has 0 atom stereocenters. The number of hydrogen-bond acceptors (Lipinski definition) is 0. The van der Waals surface area contributed by atoms with Crippen molar-refractivity contribution in [1.29, 1.82) is 0 Å². The molecule has 1 nitrogen and oxygen atoms in total. The van der Waals surface area contributed by atoms with Gasteiger partial charge in [-0.15, -0.1) is 0 Å². The maximum absolute atomic E-state index is 3.86. The van der Waals surface area contributed by atoms with E-state index in [0.29, 0.717) is 0 Å². The number of benzene rings is 5. The number of fused-ring (bicyclic) bond motifs is 7. The van der Waals surface area contributed by atoms with Crippen LogP contribution in [-0.4, -0.2) is 4.98 Å². The standard InChI is InChI=1S/C33H25N/c1-33(2)28-16-10-9-15-25(28)30-26(22-13-7-4-8-14-22)20-27-24-18-17-23(21-11-5-3-6-12-21)19-29(24)34-32(27)31(30)33/h3-20,34H,1-2H3. The van der Waals surface area contributed by atoms with E-state index in [9.17, 15) is 0 Å². The second-order valence-electron chi connectivity index (χ2n) is 9.88. The summed E-state index contributed by atoms with van der Waals surface area (Å²) in [5.74, 6) is 0. The van der Waals surface area contributed by atoms with Gasteiger partial charge in [0.1, 0.15) is 0 Å². The van der Waals surface area contributed by atoms with Gasteiger partial charge >= 0.3 is 0 Å². The van der Waals surface area contributed by atoms with Crippen molar-refractivity contribution in [1.82, 2.24) is 4.98 Å². The summed E-state index contributed by atoms with van der Waals surface area (Å²) in [5.41, 5.74) is 13.0. The van der Waals surface area contributed by atoms with E-state index < -0.39 is 0 Å². The van der Waals surface area contributed by atoms with Gasteiger partial charge in [0.2, 0.25) is 0 Å². The van der Waals surface area contributed by atoms with E-state index in [0.717, 1.165) is 0 Å². The first-order chi connectivity index (χ1) is 16.6. The molecule has 1 heteroatoms. The van der Waals surface area contributed by atoms with Gasteiger partial charge in [-0.3, -0.25) is 0 Å². The van der Waals surface area contributed by atoms with Crippen LogP contribution in [0, 0.1) is 0 Å². The average molecular weight is 436 g/mol. The first-order valence-electron chi connectivity index (χ1n) is 12.0. The van der Waals surface area contributed by atoms with Crippen molar-refractivity contribution in [3.05, 3.63) is 120 Å². The highest BCUT2D eigenvalue weighted by Gasteiger charge is 2.39. The van der Waals surface area contributed by atoms with Gasteiger partial charge in [-0.2, -0.15) is 0 Å². The summed E-state index contributed by atoms with van der Waals surface area (Å²) in [6, 6.07) is 39.6. The van der Waals surface area contributed by atoms with E-state index in [1.54, 1.807) is 0 Å². The van der Waals surface area contributed by atoms with Gasteiger partial charge < -0.3 is 4.98 Å². The molecular weight excluding hydrogens is 410 g/mol. The van der Waals surface area contributed by atoms with Crippen molar-refractivity contribution in [3.8, 4) is 33.4 Å². The molecule has 0 fully saturated rings. The van der Waals surface area contributed by atoms with E-state index in [4.69, 9.17) is 0 Å². The molecule has 1 aliphatic carbocycles. The summed E-state index contributed by atoms with van der Waals surface area (Å²) >= 11 is 0. The van der Waals surface area contributed by atoms with Gasteiger partial charge in [-0.1, -0.05) is 111 Å². The molecule has 0 saturated carbocycles. The lowest BCUT2D eigenvalue weighted by molar-refractivity contribution is 0.665. The number of aromatic amines is 1. The summed E-state index contributed by atoms with van der Waals surface area (Å²) < 4.78 is 0. The van der Waals surface area contributed by atoms with Crippen LogP contribution in [0.2, 0.25) is 0 Å². The summed E-state index contributed by atoms with van der Waals surface area (Å²) in [7, 11) is 0. The molecule has 0 spiro atoms. The zero-order valence-electron chi connectivity index (χ0n) is 19.4. The zero-order valence-corrected chi connectivity index (χ0v) is 19.4. The van der Waals surface area contributed by atoms with Gasteiger partial charge in [-0.25, -0.2) is 0 Å². The van der Waals surface area contributed by atoms with Crippen LogP contribution in [-0.2, 0) is 5.41 Å². The van der Waals surface area contributed by atoms with E-state index in [-0.39, 0.29) is 5.41 Å². The third kappa shape index (κ3) is 2.61. The third-order valence-electron chi connectivity index (χ3n) is 7.58. The van der Waals surface area contributed by atoms with Crippen molar-refractivity contribution >= 4 is 21.8 Å². The lowest BCUT2D eigenvalue weighted by Crippen LogP contribution is -2.15. The summed E-state index contributed by atoms with van der Waals surface area (Å²) in [5, 5.41) is 2.58. The molecule has 1 aliphatic rings. The molecule has 1 N–H and O–H groups in total. The Morgan fingerprint density at radius 2 is 1.24 bits per heavy atom. The topological polar surface area (TPSA) is 15.8 Å². The minimum atomic E-state index is -0.0852. The predicted octanol–water partition coefficient (Wildman–Crippen LogP) is 8.96. The van der Waals surface area contributed by atoms with E-state index in [2.05, 4.69) is 128 Å². The molecule has 0 aliphatic heterocycles. The molecular formula is C33H25N. The fraction of sp³-hybridized carbons (Fsp3) is 0.0909. The minimum Gasteiger partial charge on any atom is -0.354 e. The molecule has 0 saturated heterocycles. The molecule has 0 unspecified atom stereocenters. The van der Waals surface area contributed by atoms with Gasteiger partial charge in [0, 0.05) is 21.7 Å². The predicted molar refractivity (Wildman–Crippen MR) is 144 cm³/mol. The normalized spacial score (nSPS) is 13.8. The van der Waals surface area contributed by atoms with Crippen LogP contribution in [0.1, 0.15) is 25.0 Å². The highest BCUT2D eigenvalue weighted by molar-refractivity contribution is 6.15. The van der Waals surface area contributed by atoms with Crippen molar-refractivity contribution in [3.63, 3.8) is 0 Å². The first-order valence-corrected chi connectivity index (χ1v) is 12.0. The fourth-order valence-corrected chi connectivity index (χ4v) is 5.98. The number of hydrogen-bond donors (Lipinski definition) is 1. The third-order valence-corrected chi connectivity index (χ3v) is 7.58. The van der Waals surface area contributed by atoms with Crippen LogP contribution in [0.5, 0.6) is 0 Å². The maximum atomic E-state index is 3.86. The van der Waals surface area contributed by atoms with E-state index >= 15 is 0 Å². The van der Waals surface area contributed by atoms with Crippen LogP contribution in [0.25, 0.3) is 55.2 Å². The molecule has 0 bridgehead atoms. The monoisotopic (exact) mass is 435 g/mol. The molecule has 162 valence electrons. The SMILES string of the molecule is CC1(C)c2ccccc2-c2c(-c3ccccc3)cc3c([nH]c4cc(-c5ccccc5)ccc43)c21. The Balaban J connectivity index is 1.60. The molecule has 5 aromatic carbocycles. The Morgan fingerprint density at radius 3 is 2.00 bits per heavy atom. The Kier molecular flexibility index (Phi) is 3.96. The van der Waals surface area contributed by atoms with Crippen LogP contribution in [0.15, 0.2) is 109 Å². The first kappa shape index (κ1) is 19.4. The van der Waals surface area contributed by atoms with Crippen molar-refractivity contribution in [2.24, 2.45) is 0 Å². The van der Waals surface area contributed by atoms with E-state index in [1.165, 1.54) is 66.3 Å². The largest absolute Gasteiger partial charge is 0.354 e. The Bertz CT molecular complexity index is 1700. The van der Waals surface area contributed by atoms with Gasteiger partial charge in [0.15, 0.2) is 0 Å². The zero-order chi connectivity index (χ0) is 22.9. The Labute approximate surface area is 199 Å². The second kappa shape index (κ2) is 6.95. The van der Waals surface area contributed by atoms with Crippen LogP contribution in [0.4, 0.5) is 0 Å². The minimum absolute atomic E-state index is 0.0852. The second-order valence-corrected chi connectivity index (χ2v) is 9.88. The summed E-state index contributed by atoms with van der Waals surface area (Å²) in [4.78, 5) is 3.86. The quantitative estimate of drug-likeness (QED) is 0.279.